The van der Waals surface area contributed by atoms with Gasteiger partial charge in [-0.2, -0.15) is 0 Å². The van der Waals surface area contributed by atoms with Crippen LogP contribution in [0.3, 0.4) is 0 Å². The molecule has 1 saturated heterocycles. The average Bonchev–Trinajstić information content (AvgIpc) is 2.49. The third-order valence-electron chi connectivity index (χ3n) is 5.93. The predicted octanol–water partition coefficient (Wildman–Crippen LogP) is 3.65. The second kappa shape index (κ2) is 4.40. The maximum absolute atomic E-state index is 12.6. The fourth-order valence-electron chi connectivity index (χ4n) is 4.86. The summed E-state index contributed by atoms with van der Waals surface area (Å²) < 4.78 is 5.67. The number of hydrogen-bond donors (Lipinski definition) is 2. The molecule has 1 aromatic rings. The maximum Gasteiger partial charge on any atom is 0.317 e. The molecule has 5 rings (SSSR count). The van der Waals surface area contributed by atoms with E-state index >= 15 is 0 Å². The normalized spacial score (nSPS) is 32.6. The van der Waals surface area contributed by atoms with Gasteiger partial charge in [-0.15, -0.1) is 0 Å². The number of esters is 1. The summed E-state index contributed by atoms with van der Waals surface area (Å²) >= 11 is 0. The molecule has 0 unspecified atom stereocenters. The molecule has 0 radical (unpaired) electrons. The Bertz CT molecular complexity index is 664. The molecule has 2 heterocycles. The van der Waals surface area contributed by atoms with Crippen molar-refractivity contribution in [2.75, 3.05) is 0 Å². The zero-order valence-electron chi connectivity index (χ0n) is 13.1. The summed E-state index contributed by atoms with van der Waals surface area (Å²) in [5.41, 5.74) is 1.56. The molecule has 3 atom stereocenters. The third-order valence-corrected chi connectivity index (χ3v) is 5.93. The molecule has 2 aliphatic carbocycles. The number of rotatable bonds is 1. The summed E-state index contributed by atoms with van der Waals surface area (Å²) in [4.78, 5) is 12.6. The van der Waals surface area contributed by atoms with Gasteiger partial charge in [0.15, 0.2) is 11.5 Å². The van der Waals surface area contributed by atoms with Crippen LogP contribution >= 0.6 is 0 Å². The van der Waals surface area contributed by atoms with Crippen molar-refractivity contribution in [3.63, 3.8) is 0 Å². The predicted molar refractivity (Wildman–Crippen MR) is 80.9 cm³/mol. The average molecular weight is 302 g/mol. The molecule has 2 aliphatic heterocycles. The highest BCUT2D eigenvalue weighted by atomic mass is 16.5. The van der Waals surface area contributed by atoms with Crippen molar-refractivity contribution in [3.05, 3.63) is 22.8 Å². The Morgan fingerprint density at radius 1 is 1.27 bits per heavy atom. The molecule has 2 fully saturated rings. The van der Waals surface area contributed by atoms with Gasteiger partial charge in [0.1, 0.15) is 6.10 Å². The highest BCUT2D eigenvalue weighted by Gasteiger charge is 2.60. The van der Waals surface area contributed by atoms with E-state index in [0.717, 1.165) is 36.8 Å². The Morgan fingerprint density at radius 3 is 2.77 bits per heavy atom. The Hall–Kier alpha value is -1.71. The molecule has 1 aromatic carbocycles. The largest absolute Gasteiger partial charge is 0.504 e. The number of benzene rings is 1. The molecule has 2 bridgehead atoms. The van der Waals surface area contributed by atoms with Crippen molar-refractivity contribution in [1.29, 1.82) is 0 Å². The molecule has 0 aromatic heterocycles. The Kier molecular flexibility index (Phi) is 2.78. The lowest BCUT2D eigenvalue weighted by Crippen LogP contribution is -2.55. The first kappa shape index (κ1) is 13.9. The van der Waals surface area contributed by atoms with E-state index in [2.05, 4.69) is 0 Å². The maximum atomic E-state index is 12.6. The van der Waals surface area contributed by atoms with E-state index in [-0.39, 0.29) is 35.4 Å². The number of fused-ring (bicyclic) bond motifs is 1. The van der Waals surface area contributed by atoms with Crippen LogP contribution in [0.5, 0.6) is 11.5 Å². The van der Waals surface area contributed by atoms with Crippen LogP contribution in [0.1, 0.15) is 74.7 Å². The van der Waals surface area contributed by atoms with E-state index in [1.807, 2.05) is 19.9 Å². The fraction of sp³-hybridized carbons (Fsp3) is 0.611. The zero-order chi connectivity index (χ0) is 15.6. The Labute approximate surface area is 130 Å². The summed E-state index contributed by atoms with van der Waals surface area (Å²) in [6, 6.07) is 1.94. The van der Waals surface area contributed by atoms with Crippen molar-refractivity contribution >= 4 is 5.97 Å². The van der Waals surface area contributed by atoms with Gasteiger partial charge in [-0.1, -0.05) is 26.7 Å². The Balaban J connectivity index is 2.01. The van der Waals surface area contributed by atoms with Crippen molar-refractivity contribution in [2.24, 2.45) is 5.92 Å². The van der Waals surface area contributed by atoms with E-state index in [9.17, 15) is 15.0 Å². The summed E-state index contributed by atoms with van der Waals surface area (Å²) in [5.74, 6) is -0.0163. The molecule has 2 N–H and O–H groups in total. The summed E-state index contributed by atoms with van der Waals surface area (Å²) in [6.45, 7) is 3.96. The second-order valence-corrected chi connectivity index (χ2v) is 7.33. The number of ether oxygens (including phenoxy) is 1. The Morgan fingerprint density at radius 2 is 2.05 bits per heavy atom. The molecular weight excluding hydrogens is 280 g/mol. The summed E-state index contributed by atoms with van der Waals surface area (Å²) in [5, 5.41) is 21.1. The van der Waals surface area contributed by atoms with Gasteiger partial charge in [-0.25, -0.2) is 0 Å². The van der Waals surface area contributed by atoms with Crippen LogP contribution in [0.4, 0.5) is 0 Å². The van der Waals surface area contributed by atoms with E-state index in [1.165, 1.54) is 0 Å². The quantitative estimate of drug-likeness (QED) is 0.614. The van der Waals surface area contributed by atoms with Crippen LogP contribution in [0, 0.1) is 5.92 Å². The van der Waals surface area contributed by atoms with Crippen LogP contribution in [0.2, 0.25) is 0 Å². The van der Waals surface area contributed by atoms with Gasteiger partial charge in [0, 0.05) is 16.7 Å². The first-order valence-electron chi connectivity index (χ1n) is 8.27. The van der Waals surface area contributed by atoms with E-state index in [4.69, 9.17) is 4.74 Å². The van der Waals surface area contributed by atoms with Gasteiger partial charge >= 0.3 is 5.97 Å². The molecule has 4 nitrogen and oxygen atoms in total. The van der Waals surface area contributed by atoms with Gasteiger partial charge in [0.05, 0.1) is 5.41 Å². The molecule has 4 heteroatoms. The number of hydrogen-bond acceptors (Lipinski definition) is 4. The summed E-state index contributed by atoms with van der Waals surface area (Å²) in [6.07, 6.45) is 4.37. The van der Waals surface area contributed by atoms with Gasteiger partial charge < -0.3 is 14.9 Å². The van der Waals surface area contributed by atoms with Gasteiger partial charge in [-0.3, -0.25) is 4.79 Å². The fourth-order valence-corrected chi connectivity index (χ4v) is 4.86. The molecule has 1 spiro atoms. The minimum atomic E-state index is -0.737. The van der Waals surface area contributed by atoms with E-state index in [0.29, 0.717) is 12.0 Å². The lowest BCUT2D eigenvalue weighted by molar-refractivity contribution is -0.177. The highest BCUT2D eigenvalue weighted by Crippen LogP contribution is 2.62. The molecule has 1 saturated carbocycles. The van der Waals surface area contributed by atoms with E-state index < -0.39 is 5.41 Å². The van der Waals surface area contributed by atoms with Gasteiger partial charge in [0.2, 0.25) is 0 Å². The number of phenols is 2. The molecule has 22 heavy (non-hydrogen) atoms. The number of aromatic hydroxyl groups is 2. The summed E-state index contributed by atoms with van der Waals surface area (Å²) in [7, 11) is 0. The number of carbonyl (C=O) groups excluding carboxylic acids is 1. The van der Waals surface area contributed by atoms with Crippen molar-refractivity contribution < 1.29 is 19.7 Å². The van der Waals surface area contributed by atoms with Crippen molar-refractivity contribution in [3.8, 4) is 11.5 Å². The number of phenolic OH excluding ortho intramolecular Hbond substituents is 2. The standard InChI is InChI=1S/C18H22O4/c1-9(2)11-8-12-13-7-10-5-3-4-6-18(10,17(21)22-13)14(12)16(20)15(11)19/h8-10,13,19-20H,3-7H2,1-2H3/t10-,13+,18-/m1/s1. The monoisotopic (exact) mass is 302 g/mol. The van der Waals surface area contributed by atoms with Gasteiger partial charge in [0.25, 0.3) is 0 Å². The minimum absolute atomic E-state index is 0.0622. The van der Waals surface area contributed by atoms with Crippen LogP contribution in [-0.2, 0) is 14.9 Å². The van der Waals surface area contributed by atoms with Crippen LogP contribution in [0.15, 0.2) is 6.07 Å². The molecule has 4 aliphatic rings. The second-order valence-electron chi connectivity index (χ2n) is 7.33. The zero-order valence-corrected chi connectivity index (χ0v) is 13.1. The van der Waals surface area contributed by atoms with E-state index in [1.54, 1.807) is 0 Å². The molecule has 118 valence electrons. The lowest BCUT2D eigenvalue weighted by Gasteiger charge is -2.53. The first-order valence-corrected chi connectivity index (χ1v) is 8.27. The first-order chi connectivity index (χ1) is 10.5. The van der Waals surface area contributed by atoms with Crippen LogP contribution in [0.25, 0.3) is 0 Å². The highest BCUT2D eigenvalue weighted by molar-refractivity contribution is 5.89. The lowest BCUT2D eigenvalue weighted by atomic mass is 9.54. The smallest absolute Gasteiger partial charge is 0.317 e. The van der Waals surface area contributed by atoms with Gasteiger partial charge in [-0.05, 0) is 37.2 Å². The third kappa shape index (κ3) is 1.50. The SMILES string of the molecule is CC(C)c1cc2c(c(O)c1O)[C@@]13CCCC[C@@H]1C[C@@H]2OC3=O. The van der Waals surface area contributed by atoms with Crippen molar-refractivity contribution in [2.45, 2.75) is 63.4 Å². The molecule has 0 amide bonds. The minimum Gasteiger partial charge on any atom is -0.504 e. The topological polar surface area (TPSA) is 66.8 Å². The number of carbonyl (C=O) groups is 1. The van der Waals surface area contributed by atoms with Crippen molar-refractivity contribution in [1.82, 2.24) is 0 Å². The molecular formula is C18H22O4. The van der Waals surface area contributed by atoms with Crippen LogP contribution < -0.4 is 0 Å². The van der Waals surface area contributed by atoms with Crippen LogP contribution in [-0.4, -0.2) is 16.2 Å².